The third kappa shape index (κ3) is 5.55. The molecule has 3 aliphatic rings. The normalized spacial score (nSPS) is 23.0. The number of ether oxygens (including phenoxy) is 2. The van der Waals surface area contributed by atoms with E-state index in [9.17, 15) is 5.11 Å². The van der Waals surface area contributed by atoms with Gasteiger partial charge in [0.05, 0.1) is 7.11 Å². The summed E-state index contributed by atoms with van der Waals surface area (Å²) in [5, 5.41) is 14.0. The Hall–Kier alpha value is -1.60. The molecule has 166 valence electrons. The zero-order chi connectivity index (χ0) is 20.8. The molecule has 0 aromatic heterocycles. The second-order valence-corrected chi connectivity index (χ2v) is 9.17. The van der Waals surface area contributed by atoms with Gasteiger partial charge in [-0.2, -0.15) is 0 Å². The summed E-state index contributed by atoms with van der Waals surface area (Å²) in [7, 11) is 1.67. The molecule has 1 aromatic rings. The Morgan fingerprint density at radius 1 is 1.10 bits per heavy atom. The molecular weight excluding hydrogens is 378 g/mol. The number of β-amino-alcohol motifs (C(OH)–C–C–N with tert-alkyl or cyclic N) is 1. The molecule has 3 aliphatic heterocycles. The van der Waals surface area contributed by atoms with Crippen LogP contribution in [0, 0.1) is 5.41 Å². The molecule has 0 amide bonds. The van der Waals surface area contributed by atoms with E-state index in [0.717, 1.165) is 58.0 Å². The molecule has 0 radical (unpaired) electrons. The Bertz CT molecular complexity index is 708. The van der Waals surface area contributed by atoms with E-state index in [1.807, 2.05) is 6.07 Å². The average Bonchev–Trinajstić information content (AvgIpc) is 3.23. The van der Waals surface area contributed by atoms with Gasteiger partial charge in [0.1, 0.15) is 12.7 Å². The zero-order valence-corrected chi connectivity index (χ0v) is 18.3. The number of likely N-dealkylation sites (tertiary alicyclic amines) is 1. The maximum atomic E-state index is 10.5. The number of methoxy groups -OCH3 is 1. The molecule has 1 unspecified atom stereocenters. The van der Waals surface area contributed by atoms with E-state index in [2.05, 4.69) is 39.4 Å². The molecule has 0 aliphatic carbocycles. The van der Waals surface area contributed by atoms with Crippen molar-refractivity contribution in [3.05, 3.63) is 35.9 Å². The number of hydrogen-bond acceptors (Lipinski definition) is 6. The minimum Gasteiger partial charge on any atom is -0.493 e. The van der Waals surface area contributed by atoms with Crippen LogP contribution in [0.15, 0.2) is 30.4 Å². The molecule has 4 rings (SSSR count). The average molecular weight is 416 g/mol. The Labute approximate surface area is 180 Å². The van der Waals surface area contributed by atoms with E-state index >= 15 is 0 Å². The number of piperidine rings is 1. The summed E-state index contributed by atoms with van der Waals surface area (Å²) in [6.07, 6.45) is 8.86. The molecule has 2 N–H and O–H groups in total. The van der Waals surface area contributed by atoms with Crippen molar-refractivity contribution in [2.45, 2.75) is 38.3 Å². The SMILES string of the molecule is COc1cc(CN2CC=CCC2)ccc1OCC(O)CN1CCC2(CCNC2)CC1. The van der Waals surface area contributed by atoms with Crippen LogP contribution >= 0.6 is 0 Å². The maximum Gasteiger partial charge on any atom is 0.161 e. The van der Waals surface area contributed by atoms with Crippen molar-refractivity contribution >= 4 is 0 Å². The minimum absolute atomic E-state index is 0.288. The summed E-state index contributed by atoms with van der Waals surface area (Å²) in [5.74, 6) is 1.44. The lowest BCUT2D eigenvalue weighted by atomic mass is 9.78. The molecule has 1 spiro atoms. The van der Waals surface area contributed by atoms with E-state index < -0.39 is 6.10 Å². The van der Waals surface area contributed by atoms with Gasteiger partial charge in [0.15, 0.2) is 11.5 Å². The monoisotopic (exact) mass is 415 g/mol. The van der Waals surface area contributed by atoms with Crippen molar-refractivity contribution in [3.63, 3.8) is 0 Å². The third-order valence-corrected chi connectivity index (χ3v) is 6.93. The van der Waals surface area contributed by atoms with Crippen LogP contribution in [0.2, 0.25) is 0 Å². The van der Waals surface area contributed by atoms with Crippen LogP contribution in [0.25, 0.3) is 0 Å². The van der Waals surface area contributed by atoms with Crippen molar-refractivity contribution in [2.24, 2.45) is 5.41 Å². The lowest BCUT2D eigenvalue weighted by Crippen LogP contribution is -2.45. The van der Waals surface area contributed by atoms with Gasteiger partial charge in [-0.3, -0.25) is 4.90 Å². The molecule has 1 aromatic carbocycles. The van der Waals surface area contributed by atoms with Crippen molar-refractivity contribution in [1.82, 2.24) is 15.1 Å². The summed E-state index contributed by atoms with van der Waals surface area (Å²) in [5.41, 5.74) is 1.73. The summed E-state index contributed by atoms with van der Waals surface area (Å²) in [6, 6.07) is 6.13. The predicted octanol–water partition coefficient (Wildman–Crippen LogP) is 2.27. The second-order valence-electron chi connectivity index (χ2n) is 9.17. The molecule has 30 heavy (non-hydrogen) atoms. The summed E-state index contributed by atoms with van der Waals surface area (Å²) < 4.78 is 11.5. The Morgan fingerprint density at radius 2 is 1.97 bits per heavy atom. The Morgan fingerprint density at radius 3 is 2.67 bits per heavy atom. The molecule has 6 heteroatoms. The van der Waals surface area contributed by atoms with Gasteiger partial charge < -0.3 is 24.8 Å². The largest absolute Gasteiger partial charge is 0.493 e. The van der Waals surface area contributed by atoms with E-state index in [-0.39, 0.29) is 6.61 Å². The van der Waals surface area contributed by atoms with Gasteiger partial charge >= 0.3 is 0 Å². The summed E-state index contributed by atoms with van der Waals surface area (Å²) >= 11 is 0. The number of rotatable bonds is 8. The molecule has 6 nitrogen and oxygen atoms in total. The van der Waals surface area contributed by atoms with Crippen LogP contribution in [0.4, 0.5) is 0 Å². The van der Waals surface area contributed by atoms with E-state index in [0.29, 0.717) is 17.7 Å². The van der Waals surface area contributed by atoms with Crippen LogP contribution in [0.5, 0.6) is 11.5 Å². The standard InChI is InChI=1S/C24H37N3O3/c1-29-23-15-20(16-26-11-3-2-4-12-26)5-6-22(23)30-18-21(28)17-27-13-8-24(9-14-27)7-10-25-19-24/h2-3,5-6,15,21,25,28H,4,7-14,16-19H2,1H3. The lowest BCUT2D eigenvalue weighted by molar-refractivity contribution is 0.0402. The smallest absolute Gasteiger partial charge is 0.161 e. The van der Waals surface area contributed by atoms with Gasteiger partial charge in [-0.15, -0.1) is 0 Å². The molecule has 0 bridgehead atoms. The molecule has 2 fully saturated rings. The molecule has 2 saturated heterocycles. The number of aliphatic hydroxyl groups is 1. The number of nitrogens with one attached hydrogen (secondary N) is 1. The first-order valence-corrected chi connectivity index (χ1v) is 11.4. The van der Waals surface area contributed by atoms with Crippen LogP contribution in [-0.4, -0.2) is 80.5 Å². The molecule has 0 saturated carbocycles. The van der Waals surface area contributed by atoms with Crippen LogP contribution in [-0.2, 0) is 6.54 Å². The van der Waals surface area contributed by atoms with Gasteiger partial charge in [0.25, 0.3) is 0 Å². The lowest BCUT2D eigenvalue weighted by Gasteiger charge is -2.39. The van der Waals surface area contributed by atoms with Gasteiger partial charge in [-0.1, -0.05) is 18.2 Å². The highest BCUT2D eigenvalue weighted by molar-refractivity contribution is 5.43. The fourth-order valence-electron chi connectivity index (χ4n) is 4.99. The predicted molar refractivity (Wildman–Crippen MR) is 119 cm³/mol. The first-order valence-electron chi connectivity index (χ1n) is 11.4. The van der Waals surface area contributed by atoms with Gasteiger partial charge in [0, 0.05) is 32.7 Å². The molecule has 1 atom stereocenters. The van der Waals surface area contributed by atoms with E-state index in [1.54, 1.807) is 7.11 Å². The van der Waals surface area contributed by atoms with Crippen LogP contribution in [0.1, 0.15) is 31.2 Å². The fraction of sp³-hybridized carbons (Fsp3) is 0.667. The van der Waals surface area contributed by atoms with Gasteiger partial charge in [-0.25, -0.2) is 0 Å². The first kappa shape index (κ1) is 21.6. The van der Waals surface area contributed by atoms with E-state index in [4.69, 9.17) is 9.47 Å². The van der Waals surface area contributed by atoms with Gasteiger partial charge in [0.2, 0.25) is 0 Å². The van der Waals surface area contributed by atoms with Crippen molar-refractivity contribution in [1.29, 1.82) is 0 Å². The maximum absolute atomic E-state index is 10.5. The van der Waals surface area contributed by atoms with Crippen LogP contribution in [0.3, 0.4) is 0 Å². The van der Waals surface area contributed by atoms with Crippen molar-refractivity contribution < 1.29 is 14.6 Å². The summed E-state index contributed by atoms with van der Waals surface area (Å²) in [6.45, 7) is 8.43. The quantitative estimate of drug-likeness (QED) is 0.636. The molecule has 3 heterocycles. The highest BCUT2D eigenvalue weighted by atomic mass is 16.5. The Kier molecular flexibility index (Phi) is 7.31. The fourth-order valence-corrected chi connectivity index (χ4v) is 4.99. The number of benzene rings is 1. The van der Waals surface area contributed by atoms with E-state index in [1.165, 1.54) is 24.8 Å². The Balaban J connectivity index is 1.24. The first-order chi connectivity index (χ1) is 14.7. The number of hydrogen-bond donors (Lipinski definition) is 2. The van der Waals surface area contributed by atoms with Crippen molar-refractivity contribution in [3.8, 4) is 11.5 Å². The second kappa shape index (κ2) is 10.1. The minimum atomic E-state index is -0.495. The van der Waals surface area contributed by atoms with Crippen LogP contribution < -0.4 is 14.8 Å². The highest BCUT2D eigenvalue weighted by Crippen LogP contribution is 2.37. The molecular formula is C24H37N3O3. The summed E-state index contributed by atoms with van der Waals surface area (Å²) in [4.78, 5) is 4.80. The zero-order valence-electron chi connectivity index (χ0n) is 18.3. The number of aliphatic hydroxyl groups excluding tert-OH is 1. The topological polar surface area (TPSA) is 57.2 Å². The number of nitrogens with zero attached hydrogens (tertiary/aromatic N) is 2. The highest BCUT2D eigenvalue weighted by Gasteiger charge is 2.37. The van der Waals surface area contributed by atoms with Crippen molar-refractivity contribution in [2.75, 3.05) is 59.5 Å². The van der Waals surface area contributed by atoms with Gasteiger partial charge in [-0.05, 0) is 68.4 Å². The third-order valence-electron chi connectivity index (χ3n) is 6.93.